The van der Waals surface area contributed by atoms with Crippen molar-refractivity contribution in [2.24, 2.45) is 0 Å². The van der Waals surface area contributed by atoms with Crippen molar-refractivity contribution in [1.29, 1.82) is 0 Å². The number of rotatable bonds is 5. The lowest BCUT2D eigenvalue weighted by Crippen LogP contribution is -2.52. The van der Waals surface area contributed by atoms with Crippen molar-refractivity contribution in [3.63, 3.8) is 0 Å². The van der Waals surface area contributed by atoms with E-state index in [1.54, 1.807) is 25.1 Å². The second-order valence-electron chi connectivity index (χ2n) is 7.24. The van der Waals surface area contributed by atoms with E-state index in [1.807, 2.05) is 11.0 Å². The van der Waals surface area contributed by atoms with Gasteiger partial charge in [0.15, 0.2) is 11.9 Å². The van der Waals surface area contributed by atoms with Gasteiger partial charge in [-0.15, -0.1) is 5.10 Å². The SMILES string of the molecule is CC(Oc1ccc(Cl)cc1Cl)C(=O)N1CCN(c2ccc(C3CC3)nn2)CC1. The summed E-state index contributed by atoms with van der Waals surface area (Å²) in [5, 5.41) is 9.63. The number of aromatic nitrogens is 2. The summed E-state index contributed by atoms with van der Waals surface area (Å²) in [6.45, 7) is 4.41. The Morgan fingerprint density at radius 1 is 1.11 bits per heavy atom. The van der Waals surface area contributed by atoms with Crippen molar-refractivity contribution in [1.82, 2.24) is 15.1 Å². The molecule has 2 heterocycles. The Hall–Kier alpha value is -2.05. The van der Waals surface area contributed by atoms with Gasteiger partial charge in [-0.05, 0) is 50.1 Å². The monoisotopic (exact) mass is 420 g/mol. The highest BCUT2D eigenvalue weighted by molar-refractivity contribution is 6.35. The molecule has 1 aromatic carbocycles. The van der Waals surface area contributed by atoms with E-state index < -0.39 is 6.10 Å². The number of ether oxygens (including phenoxy) is 1. The molecule has 2 aliphatic rings. The zero-order chi connectivity index (χ0) is 19.7. The number of piperazine rings is 1. The summed E-state index contributed by atoms with van der Waals surface area (Å²) in [5.41, 5.74) is 1.09. The highest BCUT2D eigenvalue weighted by atomic mass is 35.5. The fourth-order valence-corrected chi connectivity index (χ4v) is 3.78. The number of hydrogen-bond acceptors (Lipinski definition) is 5. The molecule has 1 aliphatic heterocycles. The number of nitrogens with zero attached hydrogens (tertiary/aromatic N) is 4. The maximum absolute atomic E-state index is 12.7. The minimum absolute atomic E-state index is 0.0548. The van der Waals surface area contributed by atoms with Crippen molar-refractivity contribution < 1.29 is 9.53 Å². The molecule has 1 aromatic heterocycles. The molecule has 28 heavy (non-hydrogen) atoms. The molecule has 1 amide bonds. The topological polar surface area (TPSA) is 58.6 Å². The van der Waals surface area contributed by atoms with Crippen LogP contribution in [0.4, 0.5) is 5.82 Å². The molecule has 1 saturated heterocycles. The number of anilines is 1. The third kappa shape index (κ3) is 4.33. The molecule has 1 atom stereocenters. The number of hydrogen-bond donors (Lipinski definition) is 0. The summed E-state index contributed by atoms with van der Waals surface area (Å²) in [6.07, 6.45) is 1.81. The van der Waals surface area contributed by atoms with Crippen molar-refractivity contribution in [3.05, 3.63) is 46.1 Å². The average molecular weight is 421 g/mol. The molecule has 1 aliphatic carbocycles. The van der Waals surface area contributed by atoms with Gasteiger partial charge in [-0.3, -0.25) is 4.79 Å². The predicted octanol–water partition coefficient (Wildman–Crippen LogP) is 3.78. The zero-order valence-corrected chi connectivity index (χ0v) is 17.2. The van der Waals surface area contributed by atoms with Crippen LogP contribution in [0.1, 0.15) is 31.4 Å². The van der Waals surface area contributed by atoms with Crippen LogP contribution in [0.2, 0.25) is 10.0 Å². The first kappa shape index (κ1) is 19.3. The molecule has 6 nitrogen and oxygen atoms in total. The molecule has 1 unspecified atom stereocenters. The van der Waals surface area contributed by atoms with Crippen LogP contribution in [-0.2, 0) is 4.79 Å². The van der Waals surface area contributed by atoms with E-state index in [1.165, 1.54) is 12.8 Å². The lowest BCUT2D eigenvalue weighted by atomic mass is 10.2. The molecule has 0 radical (unpaired) electrons. The van der Waals surface area contributed by atoms with Gasteiger partial charge in [0.2, 0.25) is 0 Å². The predicted molar refractivity (Wildman–Crippen MR) is 109 cm³/mol. The lowest BCUT2D eigenvalue weighted by molar-refractivity contribution is -0.138. The molecule has 0 N–H and O–H groups in total. The Bertz CT molecular complexity index is 850. The zero-order valence-electron chi connectivity index (χ0n) is 15.6. The molecular weight excluding hydrogens is 399 g/mol. The molecule has 0 spiro atoms. The van der Waals surface area contributed by atoms with Gasteiger partial charge in [0, 0.05) is 37.1 Å². The van der Waals surface area contributed by atoms with Crippen LogP contribution in [0.25, 0.3) is 0 Å². The van der Waals surface area contributed by atoms with Crippen LogP contribution >= 0.6 is 23.2 Å². The molecular formula is C20H22Cl2N4O2. The summed E-state index contributed by atoms with van der Waals surface area (Å²) in [6, 6.07) is 9.07. The van der Waals surface area contributed by atoms with Crippen molar-refractivity contribution in [2.75, 3.05) is 31.1 Å². The van der Waals surface area contributed by atoms with E-state index in [4.69, 9.17) is 27.9 Å². The first-order valence-electron chi connectivity index (χ1n) is 9.50. The highest BCUT2D eigenvalue weighted by Crippen LogP contribution is 2.38. The first-order valence-corrected chi connectivity index (χ1v) is 10.3. The number of amides is 1. The van der Waals surface area contributed by atoms with Gasteiger partial charge >= 0.3 is 0 Å². The second kappa shape index (κ2) is 8.13. The highest BCUT2D eigenvalue weighted by Gasteiger charge is 2.28. The van der Waals surface area contributed by atoms with Gasteiger partial charge in [0.05, 0.1) is 10.7 Å². The molecule has 4 rings (SSSR count). The number of benzene rings is 1. The summed E-state index contributed by atoms with van der Waals surface area (Å²) < 4.78 is 5.75. The fourth-order valence-electron chi connectivity index (χ4n) is 3.33. The smallest absolute Gasteiger partial charge is 0.263 e. The van der Waals surface area contributed by atoms with Gasteiger partial charge in [-0.2, -0.15) is 5.10 Å². The summed E-state index contributed by atoms with van der Waals surface area (Å²) in [5.74, 6) is 1.87. The fraction of sp³-hybridized carbons (Fsp3) is 0.450. The van der Waals surface area contributed by atoms with E-state index in [-0.39, 0.29) is 5.91 Å². The van der Waals surface area contributed by atoms with Gasteiger partial charge in [-0.1, -0.05) is 23.2 Å². The van der Waals surface area contributed by atoms with Crippen LogP contribution in [0.3, 0.4) is 0 Å². The summed E-state index contributed by atoms with van der Waals surface area (Å²) >= 11 is 12.0. The maximum Gasteiger partial charge on any atom is 0.263 e. The Kier molecular flexibility index (Phi) is 5.60. The standard InChI is InChI=1S/C20H22Cl2N4O2/c1-13(28-18-6-4-15(21)12-16(18)22)20(27)26-10-8-25(9-11-26)19-7-5-17(23-24-19)14-2-3-14/h4-7,12-14H,2-3,8-11H2,1H3. The molecule has 0 bridgehead atoms. The quantitative estimate of drug-likeness (QED) is 0.736. The van der Waals surface area contributed by atoms with E-state index >= 15 is 0 Å². The van der Waals surface area contributed by atoms with Crippen LogP contribution in [0.15, 0.2) is 30.3 Å². The Labute approximate surface area is 174 Å². The largest absolute Gasteiger partial charge is 0.479 e. The molecule has 2 fully saturated rings. The van der Waals surface area contributed by atoms with Crippen LogP contribution in [0, 0.1) is 0 Å². The second-order valence-corrected chi connectivity index (χ2v) is 8.08. The normalized spacial score (nSPS) is 18.1. The minimum Gasteiger partial charge on any atom is -0.479 e. The lowest BCUT2D eigenvalue weighted by Gasteiger charge is -2.36. The first-order chi connectivity index (χ1) is 13.5. The van der Waals surface area contributed by atoms with E-state index in [0.717, 1.165) is 24.6 Å². The molecule has 148 valence electrons. The third-order valence-corrected chi connectivity index (χ3v) is 5.66. The Morgan fingerprint density at radius 3 is 2.46 bits per heavy atom. The third-order valence-electron chi connectivity index (χ3n) is 5.13. The summed E-state index contributed by atoms with van der Waals surface area (Å²) in [7, 11) is 0. The maximum atomic E-state index is 12.7. The van der Waals surface area contributed by atoms with E-state index in [2.05, 4.69) is 21.2 Å². The molecule has 8 heteroatoms. The number of carbonyl (C=O) groups excluding carboxylic acids is 1. The number of carbonyl (C=O) groups is 1. The van der Waals surface area contributed by atoms with Gasteiger partial charge in [0.25, 0.3) is 5.91 Å². The van der Waals surface area contributed by atoms with Crippen LogP contribution in [-0.4, -0.2) is 53.3 Å². The van der Waals surface area contributed by atoms with Crippen molar-refractivity contribution >= 4 is 34.9 Å². The van der Waals surface area contributed by atoms with E-state index in [9.17, 15) is 4.79 Å². The summed E-state index contributed by atoms with van der Waals surface area (Å²) in [4.78, 5) is 16.7. The Morgan fingerprint density at radius 2 is 1.86 bits per heavy atom. The van der Waals surface area contributed by atoms with Crippen LogP contribution in [0.5, 0.6) is 5.75 Å². The minimum atomic E-state index is -0.622. The van der Waals surface area contributed by atoms with E-state index in [0.29, 0.717) is 34.8 Å². The van der Waals surface area contributed by atoms with Gasteiger partial charge in [0.1, 0.15) is 5.75 Å². The Balaban J connectivity index is 1.31. The molecule has 2 aromatic rings. The number of halogens is 2. The molecule has 1 saturated carbocycles. The van der Waals surface area contributed by atoms with Gasteiger partial charge in [-0.25, -0.2) is 0 Å². The van der Waals surface area contributed by atoms with Crippen molar-refractivity contribution in [3.8, 4) is 5.75 Å². The van der Waals surface area contributed by atoms with Gasteiger partial charge < -0.3 is 14.5 Å². The average Bonchev–Trinajstić information content (AvgIpc) is 3.55. The van der Waals surface area contributed by atoms with Crippen LogP contribution < -0.4 is 9.64 Å². The van der Waals surface area contributed by atoms with Crippen molar-refractivity contribution in [2.45, 2.75) is 31.8 Å².